The quantitative estimate of drug-likeness (QED) is 0.496. The van der Waals surface area contributed by atoms with Crippen molar-refractivity contribution in [2.24, 2.45) is 0 Å². The molecule has 2 aromatic rings. The summed E-state index contributed by atoms with van der Waals surface area (Å²) in [5.41, 5.74) is -0.0366. The molecule has 2 aliphatic heterocycles. The van der Waals surface area contributed by atoms with Gasteiger partial charge in [0.25, 0.3) is 0 Å². The molecule has 0 aliphatic carbocycles. The van der Waals surface area contributed by atoms with E-state index in [1.807, 2.05) is 0 Å². The Morgan fingerprint density at radius 1 is 0.941 bits per heavy atom. The fourth-order valence-electron chi connectivity index (χ4n) is 4.98. The van der Waals surface area contributed by atoms with Gasteiger partial charge in [0.15, 0.2) is 12.0 Å². The van der Waals surface area contributed by atoms with Gasteiger partial charge in [-0.05, 0) is 49.7 Å². The Bertz CT molecular complexity index is 1230. The largest absolute Gasteiger partial charge is 0.497 e. The van der Waals surface area contributed by atoms with Crippen molar-refractivity contribution in [3.05, 3.63) is 65.4 Å². The van der Waals surface area contributed by atoms with E-state index in [9.17, 15) is 19.2 Å². The third kappa shape index (κ3) is 3.46. The fraction of sp³-hybridized carbons (Fsp3) is 0.308. The molecule has 0 saturated heterocycles. The zero-order valence-corrected chi connectivity index (χ0v) is 19.6. The molecule has 2 heterocycles. The summed E-state index contributed by atoms with van der Waals surface area (Å²) in [6, 6.07) is 11.8. The second-order valence-electron chi connectivity index (χ2n) is 8.42. The molecule has 34 heavy (non-hydrogen) atoms. The van der Waals surface area contributed by atoms with E-state index in [4.69, 9.17) is 14.2 Å². The van der Waals surface area contributed by atoms with Crippen molar-refractivity contribution < 1.29 is 33.4 Å². The molecule has 8 heteroatoms. The van der Waals surface area contributed by atoms with Crippen LogP contribution in [0.15, 0.2) is 54.2 Å². The van der Waals surface area contributed by atoms with Crippen molar-refractivity contribution in [3.63, 3.8) is 0 Å². The number of benzene rings is 2. The van der Waals surface area contributed by atoms with Gasteiger partial charge < -0.3 is 14.2 Å². The molecule has 3 atom stereocenters. The lowest BCUT2D eigenvalue weighted by Gasteiger charge is -2.47. The van der Waals surface area contributed by atoms with Crippen LogP contribution in [0.25, 0.3) is 0 Å². The van der Waals surface area contributed by atoms with Gasteiger partial charge in [-0.2, -0.15) is 0 Å². The van der Waals surface area contributed by atoms with Crippen molar-refractivity contribution in [3.8, 4) is 17.2 Å². The number of methoxy groups -OCH3 is 1. The number of hydrogen-bond acceptors (Lipinski definition) is 7. The number of carbonyl (C=O) groups is 4. The standard InChI is InChI=1S/C26H25NO7/c1-14(28)21-13-27(16(3)30)25-26(15(2)29,24(21)18-6-8-19(32-5)9-7-18)22-12-20(33-17(4)31)10-11-23(22)34-25/h6-13,24-25H,1-5H3. The van der Waals surface area contributed by atoms with Crippen LogP contribution in [-0.4, -0.2) is 41.7 Å². The number of Topliss-reactive ketones (excluding diaryl/α,β-unsaturated/α-hetero) is 2. The smallest absolute Gasteiger partial charge is 0.308 e. The maximum Gasteiger partial charge on any atom is 0.308 e. The van der Waals surface area contributed by atoms with Crippen LogP contribution in [0.2, 0.25) is 0 Å². The highest BCUT2D eigenvalue weighted by Crippen LogP contribution is 2.58. The first-order chi connectivity index (χ1) is 16.1. The lowest BCUT2D eigenvalue weighted by molar-refractivity contribution is -0.142. The minimum absolute atomic E-state index is 0.234. The van der Waals surface area contributed by atoms with Gasteiger partial charge in [0, 0.05) is 37.1 Å². The van der Waals surface area contributed by atoms with Crippen LogP contribution in [0, 0.1) is 0 Å². The molecule has 3 unspecified atom stereocenters. The molecule has 0 fully saturated rings. The second kappa shape index (κ2) is 8.44. The number of amides is 1. The summed E-state index contributed by atoms with van der Waals surface area (Å²) in [7, 11) is 1.55. The maximum atomic E-state index is 13.7. The first-order valence-electron chi connectivity index (χ1n) is 10.8. The van der Waals surface area contributed by atoms with E-state index in [0.717, 1.165) is 0 Å². The summed E-state index contributed by atoms with van der Waals surface area (Å²) in [5, 5.41) is 0. The molecular formula is C26H25NO7. The van der Waals surface area contributed by atoms with Gasteiger partial charge in [0.05, 0.1) is 7.11 Å². The Kier molecular flexibility index (Phi) is 5.77. The lowest BCUT2D eigenvalue weighted by atomic mass is 9.60. The molecular weight excluding hydrogens is 438 g/mol. The zero-order valence-electron chi connectivity index (χ0n) is 19.6. The number of esters is 1. The van der Waals surface area contributed by atoms with Gasteiger partial charge in [0.2, 0.25) is 5.91 Å². The highest BCUT2D eigenvalue weighted by molar-refractivity contribution is 6.02. The predicted molar refractivity (Wildman–Crippen MR) is 122 cm³/mol. The number of carbonyl (C=O) groups excluding carboxylic acids is 4. The molecule has 2 aromatic carbocycles. The van der Waals surface area contributed by atoms with Gasteiger partial charge in [-0.3, -0.25) is 24.1 Å². The van der Waals surface area contributed by atoms with Gasteiger partial charge >= 0.3 is 5.97 Å². The van der Waals surface area contributed by atoms with Crippen molar-refractivity contribution >= 4 is 23.4 Å². The first-order valence-corrected chi connectivity index (χ1v) is 10.8. The fourth-order valence-corrected chi connectivity index (χ4v) is 4.98. The number of nitrogens with zero attached hydrogens (tertiary/aromatic N) is 1. The average Bonchev–Trinajstić information content (AvgIpc) is 3.13. The molecule has 0 bridgehead atoms. The van der Waals surface area contributed by atoms with Crippen LogP contribution in [0.5, 0.6) is 17.2 Å². The van der Waals surface area contributed by atoms with Gasteiger partial charge in [-0.15, -0.1) is 0 Å². The Labute approximate surface area is 197 Å². The highest BCUT2D eigenvalue weighted by atomic mass is 16.5. The summed E-state index contributed by atoms with van der Waals surface area (Å²) in [6.45, 7) is 5.45. The van der Waals surface area contributed by atoms with Crippen molar-refractivity contribution in [1.82, 2.24) is 4.90 Å². The van der Waals surface area contributed by atoms with E-state index in [1.165, 1.54) is 38.8 Å². The zero-order chi connectivity index (χ0) is 24.8. The predicted octanol–water partition coefficient (Wildman–Crippen LogP) is 3.28. The number of ketones is 2. The Hall–Kier alpha value is -3.94. The molecule has 2 aliphatic rings. The molecule has 0 saturated carbocycles. The Morgan fingerprint density at radius 3 is 2.12 bits per heavy atom. The molecule has 0 aromatic heterocycles. The summed E-state index contributed by atoms with van der Waals surface area (Å²) < 4.78 is 16.7. The number of rotatable bonds is 5. The van der Waals surface area contributed by atoms with Crippen molar-refractivity contribution in [1.29, 1.82) is 0 Å². The van der Waals surface area contributed by atoms with Gasteiger partial charge in [-0.1, -0.05) is 12.1 Å². The Morgan fingerprint density at radius 2 is 1.59 bits per heavy atom. The highest BCUT2D eigenvalue weighted by Gasteiger charge is 2.64. The third-order valence-electron chi connectivity index (χ3n) is 6.39. The van der Waals surface area contributed by atoms with E-state index in [2.05, 4.69) is 0 Å². The third-order valence-corrected chi connectivity index (χ3v) is 6.39. The second-order valence-corrected chi connectivity index (χ2v) is 8.42. The van der Waals surface area contributed by atoms with Crippen LogP contribution >= 0.6 is 0 Å². The van der Waals surface area contributed by atoms with Gasteiger partial charge in [0.1, 0.15) is 28.4 Å². The Balaban J connectivity index is 2.06. The lowest BCUT2D eigenvalue weighted by Crippen LogP contribution is -2.60. The molecule has 1 amide bonds. The number of ether oxygens (including phenoxy) is 3. The molecule has 0 radical (unpaired) electrons. The monoisotopic (exact) mass is 463 g/mol. The summed E-state index contributed by atoms with van der Waals surface area (Å²) in [5.74, 6) is -1.01. The van der Waals surface area contributed by atoms with Crippen LogP contribution in [0.4, 0.5) is 0 Å². The number of hydrogen-bond donors (Lipinski definition) is 0. The summed E-state index contributed by atoms with van der Waals surface area (Å²) in [4.78, 5) is 52.1. The van der Waals surface area contributed by atoms with E-state index in [0.29, 0.717) is 28.2 Å². The minimum atomic E-state index is -1.46. The molecule has 176 valence electrons. The minimum Gasteiger partial charge on any atom is -0.497 e. The number of allylic oxidation sites excluding steroid dienone is 1. The van der Waals surface area contributed by atoms with Crippen molar-refractivity contribution in [2.45, 2.75) is 45.3 Å². The summed E-state index contributed by atoms with van der Waals surface area (Å²) >= 11 is 0. The van der Waals surface area contributed by atoms with Crippen LogP contribution in [-0.2, 0) is 24.6 Å². The van der Waals surface area contributed by atoms with E-state index < -0.39 is 23.5 Å². The molecule has 0 N–H and O–H groups in total. The first kappa shape index (κ1) is 23.2. The molecule has 0 spiro atoms. The SMILES string of the molecule is COc1ccc(C2C(C(C)=O)=CN(C(C)=O)C3Oc4ccc(OC(C)=O)cc4C23C(C)=O)cc1. The topological polar surface area (TPSA) is 99.2 Å². The molecule has 4 rings (SSSR count). The average molecular weight is 463 g/mol. The van der Waals surface area contributed by atoms with Crippen molar-refractivity contribution in [2.75, 3.05) is 7.11 Å². The maximum absolute atomic E-state index is 13.7. The summed E-state index contributed by atoms with van der Waals surface area (Å²) in [6.07, 6.45) is 0.449. The molecule has 8 nitrogen and oxygen atoms in total. The van der Waals surface area contributed by atoms with Crippen LogP contribution in [0.3, 0.4) is 0 Å². The van der Waals surface area contributed by atoms with Crippen LogP contribution in [0.1, 0.15) is 44.7 Å². The van der Waals surface area contributed by atoms with Gasteiger partial charge in [-0.25, -0.2) is 0 Å². The van der Waals surface area contributed by atoms with E-state index >= 15 is 0 Å². The normalized spacial score (nSPS) is 22.6. The van der Waals surface area contributed by atoms with E-state index in [-0.39, 0.29) is 23.2 Å². The number of fused-ring (bicyclic) bond motifs is 3. The van der Waals surface area contributed by atoms with Crippen LogP contribution < -0.4 is 14.2 Å². The van der Waals surface area contributed by atoms with E-state index in [1.54, 1.807) is 49.6 Å².